The fourth-order valence-corrected chi connectivity index (χ4v) is 3.57. The summed E-state index contributed by atoms with van der Waals surface area (Å²) in [5.74, 6) is 0.221. The molecule has 1 aromatic carbocycles. The number of aromatic nitrogens is 1. The summed E-state index contributed by atoms with van der Waals surface area (Å²) in [5, 5.41) is 0. The average molecular weight is 316 g/mol. The Labute approximate surface area is 135 Å². The molecule has 2 heterocycles. The Morgan fingerprint density at radius 2 is 1.82 bits per heavy atom. The van der Waals surface area contributed by atoms with Gasteiger partial charge in [0.15, 0.2) is 5.69 Å². The number of thiazole rings is 1. The number of carbonyl (C=O) groups excluding carboxylic acids is 1. The van der Waals surface area contributed by atoms with Gasteiger partial charge in [0.1, 0.15) is 0 Å². The van der Waals surface area contributed by atoms with Crippen molar-refractivity contribution in [2.75, 3.05) is 31.1 Å². The molecule has 1 amide bonds. The van der Waals surface area contributed by atoms with E-state index in [1.807, 2.05) is 16.5 Å². The molecule has 0 N–H and O–H groups in total. The average Bonchev–Trinajstić information content (AvgIpc) is 2.88. The number of aryl methyl sites for hydroxylation is 1. The summed E-state index contributed by atoms with van der Waals surface area (Å²) in [7, 11) is 0. The van der Waals surface area contributed by atoms with Gasteiger partial charge in [-0.2, -0.15) is 4.57 Å². The summed E-state index contributed by atoms with van der Waals surface area (Å²) in [6.45, 7) is 8.05. The monoisotopic (exact) mass is 316 g/mol. The lowest BCUT2D eigenvalue weighted by Gasteiger charge is -2.35. The second kappa shape index (κ2) is 6.48. The number of para-hydroxylation sites is 1. The van der Waals surface area contributed by atoms with Gasteiger partial charge in [0.05, 0.1) is 4.88 Å². The van der Waals surface area contributed by atoms with E-state index in [0.29, 0.717) is 6.54 Å². The number of nitrogens with zero attached hydrogens (tertiary/aromatic N) is 3. The van der Waals surface area contributed by atoms with Crippen LogP contribution in [0.2, 0.25) is 0 Å². The van der Waals surface area contributed by atoms with Gasteiger partial charge in [0.2, 0.25) is 12.1 Å². The zero-order chi connectivity index (χ0) is 15.5. The number of amides is 1. The van der Waals surface area contributed by atoms with Crippen LogP contribution in [0.4, 0.5) is 5.69 Å². The minimum atomic E-state index is 0.221. The van der Waals surface area contributed by atoms with Crippen molar-refractivity contribution in [2.24, 2.45) is 0 Å². The van der Waals surface area contributed by atoms with Crippen LogP contribution in [0.1, 0.15) is 10.6 Å². The van der Waals surface area contributed by atoms with E-state index >= 15 is 0 Å². The number of carbonyl (C=O) groups is 1. The van der Waals surface area contributed by atoms with E-state index in [2.05, 4.69) is 47.6 Å². The molecule has 1 saturated heterocycles. The molecule has 2 aromatic rings. The summed E-state index contributed by atoms with van der Waals surface area (Å²) in [6.07, 6.45) is 0. The highest BCUT2D eigenvalue weighted by atomic mass is 32.1. The van der Waals surface area contributed by atoms with Crippen molar-refractivity contribution in [2.45, 2.75) is 20.4 Å². The predicted octanol–water partition coefficient (Wildman–Crippen LogP) is 2.00. The molecule has 0 atom stereocenters. The summed E-state index contributed by atoms with van der Waals surface area (Å²) in [5.41, 5.74) is 4.48. The summed E-state index contributed by atoms with van der Waals surface area (Å²) < 4.78 is 2.06. The highest BCUT2D eigenvalue weighted by molar-refractivity contribution is 7.09. The van der Waals surface area contributed by atoms with Crippen LogP contribution in [0, 0.1) is 13.8 Å². The van der Waals surface area contributed by atoms with Gasteiger partial charge >= 0.3 is 0 Å². The van der Waals surface area contributed by atoms with Gasteiger partial charge in [0.25, 0.3) is 5.91 Å². The SMILES string of the molecule is Cc1sc[n+](CC(=O)N2CCN(c3ccccc3)CC2)c1C. The smallest absolute Gasteiger partial charge is 0.288 e. The Kier molecular flexibility index (Phi) is 4.43. The fourth-order valence-electron chi connectivity index (χ4n) is 2.76. The molecule has 116 valence electrons. The maximum Gasteiger partial charge on any atom is 0.288 e. The molecular weight excluding hydrogens is 294 g/mol. The van der Waals surface area contributed by atoms with Crippen LogP contribution in [0.15, 0.2) is 35.8 Å². The largest absolute Gasteiger partial charge is 0.368 e. The lowest BCUT2D eigenvalue weighted by atomic mass is 10.2. The molecule has 3 rings (SSSR count). The maximum atomic E-state index is 12.5. The zero-order valence-electron chi connectivity index (χ0n) is 13.2. The standard InChI is InChI=1S/C17H22N3OS/c1-14-15(2)22-13-20(14)12-17(21)19-10-8-18(9-11-19)16-6-4-3-5-7-16/h3-7,13H,8-12H2,1-2H3/q+1. The fraction of sp³-hybridized carbons (Fsp3) is 0.412. The van der Waals surface area contributed by atoms with Crippen LogP contribution >= 0.6 is 11.3 Å². The summed E-state index contributed by atoms with van der Waals surface area (Å²) in [6, 6.07) is 10.4. The van der Waals surface area contributed by atoms with Crippen LogP contribution in [-0.4, -0.2) is 37.0 Å². The van der Waals surface area contributed by atoms with Gasteiger partial charge in [0, 0.05) is 38.8 Å². The maximum absolute atomic E-state index is 12.5. The topological polar surface area (TPSA) is 27.4 Å². The Balaban J connectivity index is 1.57. The molecule has 0 radical (unpaired) electrons. The van der Waals surface area contributed by atoms with Crippen molar-refractivity contribution < 1.29 is 9.36 Å². The number of hydrogen-bond acceptors (Lipinski definition) is 3. The van der Waals surface area contributed by atoms with E-state index < -0.39 is 0 Å². The quantitative estimate of drug-likeness (QED) is 0.810. The minimum absolute atomic E-state index is 0.221. The van der Waals surface area contributed by atoms with Gasteiger partial charge in [-0.1, -0.05) is 29.5 Å². The van der Waals surface area contributed by atoms with Gasteiger partial charge in [-0.05, 0) is 19.1 Å². The molecule has 0 unspecified atom stereocenters. The third-order valence-electron chi connectivity index (χ3n) is 4.36. The second-order valence-electron chi connectivity index (χ2n) is 5.70. The number of benzene rings is 1. The van der Waals surface area contributed by atoms with E-state index in [-0.39, 0.29) is 5.91 Å². The van der Waals surface area contributed by atoms with Gasteiger partial charge in [-0.3, -0.25) is 4.79 Å². The first-order chi connectivity index (χ1) is 10.6. The molecule has 22 heavy (non-hydrogen) atoms. The van der Waals surface area contributed by atoms with Crippen molar-refractivity contribution in [1.82, 2.24) is 4.90 Å². The van der Waals surface area contributed by atoms with Crippen LogP contribution < -0.4 is 9.47 Å². The normalized spacial score (nSPS) is 15.2. The highest BCUT2D eigenvalue weighted by Gasteiger charge is 2.25. The molecule has 1 fully saturated rings. The molecule has 1 aromatic heterocycles. The number of anilines is 1. The highest BCUT2D eigenvalue weighted by Crippen LogP contribution is 2.15. The van der Waals surface area contributed by atoms with E-state index in [4.69, 9.17) is 0 Å². The third-order valence-corrected chi connectivity index (χ3v) is 5.37. The summed E-state index contributed by atoms with van der Waals surface area (Å²) in [4.78, 5) is 18.1. The third kappa shape index (κ3) is 3.14. The molecule has 0 saturated carbocycles. The molecule has 0 aliphatic carbocycles. The van der Waals surface area contributed by atoms with Gasteiger partial charge < -0.3 is 9.80 Å². The Bertz CT molecular complexity index is 645. The van der Waals surface area contributed by atoms with E-state index in [1.165, 1.54) is 16.3 Å². The first-order valence-electron chi connectivity index (χ1n) is 7.67. The van der Waals surface area contributed by atoms with Crippen molar-refractivity contribution in [1.29, 1.82) is 0 Å². The first kappa shape index (κ1) is 15.0. The van der Waals surface area contributed by atoms with Gasteiger partial charge in [-0.25, -0.2) is 0 Å². The van der Waals surface area contributed by atoms with E-state index in [9.17, 15) is 4.79 Å². The lowest BCUT2D eigenvalue weighted by Crippen LogP contribution is -2.52. The van der Waals surface area contributed by atoms with Crippen LogP contribution in [0.25, 0.3) is 0 Å². The van der Waals surface area contributed by atoms with Crippen LogP contribution in [0.5, 0.6) is 0 Å². The zero-order valence-corrected chi connectivity index (χ0v) is 14.0. The Morgan fingerprint density at radius 3 is 2.41 bits per heavy atom. The molecular formula is C17H22N3OS+. The van der Waals surface area contributed by atoms with Crippen LogP contribution in [0.3, 0.4) is 0 Å². The predicted molar refractivity (Wildman–Crippen MR) is 89.2 cm³/mol. The summed E-state index contributed by atoms with van der Waals surface area (Å²) >= 11 is 1.70. The van der Waals surface area contributed by atoms with E-state index in [0.717, 1.165) is 26.2 Å². The Morgan fingerprint density at radius 1 is 1.14 bits per heavy atom. The minimum Gasteiger partial charge on any atom is -0.368 e. The van der Waals surface area contributed by atoms with Crippen molar-refractivity contribution in [3.63, 3.8) is 0 Å². The molecule has 0 spiro atoms. The van der Waals surface area contributed by atoms with Gasteiger partial charge in [-0.15, -0.1) is 0 Å². The van der Waals surface area contributed by atoms with E-state index in [1.54, 1.807) is 11.3 Å². The molecule has 4 nitrogen and oxygen atoms in total. The Hall–Kier alpha value is -1.88. The first-order valence-corrected chi connectivity index (χ1v) is 8.55. The van der Waals surface area contributed by atoms with Crippen molar-refractivity contribution in [3.05, 3.63) is 46.4 Å². The molecule has 5 heteroatoms. The lowest BCUT2D eigenvalue weighted by molar-refractivity contribution is -0.686. The number of piperazine rings is 1. The number of rotatable bonds is 3. The second-order valence-corrected chi connectivity index (χ2v) is 6.76. The molecule has 0 bridgehead atoms. The molecule has 1 aliphatic rings. The van der Waals surface area contributed by atoms with Crippen LogP contribution in [-0.2, 0) is 11.3 Å². The molecule has 1 aliphatic heterocycles. The van der Waals surface area contributed by atoms with Crippen molar-refractivity contribution >= 4 is 22.9 Å². The number of hydrogen-bond donors (Lipinski definition) is 0. The van der Waals surface area contributed by atoms with Crippen molar-refractivity contribution in [3.8, 4) is 0 Å².